The van der Waals surface area contributed by atoms with Crippen LogP contribution in [0.4, 0.5) is 0 Å². The number of carbonyl (C=O) groups excluding carboxylic acids is 1. The van der Waals surface area contributed by atoms with Crippen LogP contribution in [0.25, 0.3) is 10.4 Å². The third kappa shape index (κ3) is 3.35. The molecule has 22 heavy (non-hydrogen) atoms. The summed E-state index contributed by atoms with van der Waals surface area (Å²) in [5.74, 6) is 0.443. The Hall–Kier alpha value is -1.36. The number of halogens is 1. The Morgan fingerprint density at radius 3 is 2.50 bits per heavy atom. The van der Waals surface area contributed by atoms with Crippen molar-refractivity contribution in [1.82, 2.24) is 4.90 Å². The molecular weight excluding hydrogens is 318 g/mol. The quantitative estimate of drug-likeness (QED) is 0.923. The predicted molar refractivity (Wildman–Crippen MR) is 90.5 cm³/mol. The second kappa shape index (κ2) is 6.82. The number of piperidine rings is 1. The lowest BCUT2D eigenvalue weighted by Gasteiger charge is -2.30. The minimum Gasteiger partial charge on any atom is -0.396 e. The van der Waals surface area contributed by atoms with Crippen LogP contribution in [-0.2, 0) is 0 Å². The molecule has 1 aromatic carbocycles. The molecule has 1 aliphatic rings. The second-order valence-corrected chi connectivity index (χ2v) is 7.11. The molecular formula is C17H18ClNO2S. The lowest BCUT2D eigenvalue weighted by atomic mass is 9.98. The van der Waals surface area contributed by atoms with Gasteiger partial charge in [0, 0.05) is 29.6 Å². The lowest BCUT2D eigenvalue weighted by Crippen LogP contribution is -2.38. The second-order valence-electron chi connectivity index (χ2n) is 5.59. The number of rotatable bonds is 3. The fourth-order valence-corrected chi connectivity index (χ4v) is 3.80. The number of aliphatic hydroxyl groups excluding tert-OH is 1. The van der Waals surface area contributed by atoms with Crippen LogP contribution in [0.3, 0.4) is 0 Å². The number of amides is 1. The molecule has 3 nitrogen and oxygen atoms in total. The summed E-state index contributed by atoms with van der Waals surface area (Å²) in [7, 11) is 0. The van der Waals surface area contributed by atoms with Crippen molar-refractivity contribution < 1.29 is 9.90 Å². The van der Waals surface area contributed by atoms with Crippen LogP contribution in [0.5, 0.6) is 0 Å². The average Bonchev–Trinajstić information content (AvgIpc) is 3.05. The fraction of sp³-hybridized carbons (Fsp3) is 0.353. The Morgan fingerprint density at radius 1 is 1.18 bits per heavy atom. The number of nitrogens with zero attached hydrogens (tertiary/aromatic N) is 1. The van der Waals surface area contributed by atoms with E-state index in [0.717, 1.165) is 41.2 Å². The van der Waals surface area contributed by atoms with E-state index in [-0.39, 0.29) is 12.5 Å². The molecule has 1 fully saturated rings. The summed E-state index contributed by atoms with van der Waals surface area (Å²) < 4.78 is 0. The molecule has 116 valence electrons. The van der Waals surface area contributed by atoms with Crippen molar-refractivity contribution in [2.45, 2.75) is 12.8 Å². The maximum Gasteiger partial charge on any atom is 0.263 e. The topological polar surface area (TPSA) is 40.5 Å². The van der Waals surface area contributed by atoms with Gasteiger partial charge in [-0.2, -0.15) is 0 Å². The number of hydrogen-bond donors (Lipinski definition) is 1. The van der Waals surface area contributed by atoms with Crippen molar-refractivity contribution in [2.75, 3.05) is 19.7 Å². The van der Waals surface area contributed by atoms with Crippen molar-refractivity contribution in [2.24, 2.45) is 5.92 Å². The van der Waals surface area contributed by atoms with Crippen LogP contribution < -0.4 is 0 Å². The van der Waals surface area contributed by atoms with Crippen LogP contribution in [0.1, 0.15) is 22.5 Å². The molecule has 1 N–H and O–H groups in total. The van der Waals surface area contributed by atoms with E-state index in [2.05, 4.69) is 0 Å². The van der Waals surface area contributed by atoms with E-state index in [4.69, 9.17) is 11.6 Å². The highest BCUT2D eigenvalue weighted by atomic mass is 35.5. The number of hydrogen-bond acceptors (Lipinski definition) is 3. The van der Waals surface area contributed by atoms with Crippen molar-refractivity contribution in [1.29, 1.82) is 0 Å². The maximum absolute atomic E-state index is 12.5. The predicted octanol–water partition coefficient (Wildman–Crippen LogP) is 3.91. The molecule has 1 aromatic heterocycles. The highest BCUT2D eigenvalue weighted by Crippen LogP contribution is 2.30. The summed E-state index contributed by atoms with van der Waals surface area (Å²) >= 11 is 7.42. The van der Waals surface area contributed by atoms with Crippen LogP contribution in [0, 0.1) is 5.92 Å². The molecule has 0 saturated carbocycles. The third-order valence-electron chi connectivity index (χ3n) is 4.11. The fourth-order valence-electron chi connectivity index (χ4n) is 2.70. The van der Waals surface area contributed by atoms with Crippen molar-refractivity contribution in [3.63, 3.8) is 0 Å². The van der Waals surface area contributed by atoms with Gasteiger partial charge in [0.2, 0.25) is 0 Å². The Kier molecular flexibility index (Phi) is 4.81. The summed E-state index contributed by atoms with van der Waals surface area (Å²) in [6.45, 7) is 1.69. The molecule has 0 aliphatic carbocycles. The molecule has 0 bridgehead atoms. The summed E-state index contributed by atoms with van der Waals surface area (Å²) in [6, 6.07) is 11.5. The largest absolute Gasteiger partial charge is 0.396 e. The van der Waals surface area contributed by atoms with Crippen LogP contribution in [0.2, 0.25) is 5.02 Å². The van der Waals surface area contributed by atoms with Crippen molar-refractivity contribution >= 4 is 28.8 Å². The molecule has 2 heterocycles. The Bertz CT molecular complexity index is 645. The van der Waals surface area contributed by atoms with E-state index in [9.17, 15) is 9.90 Å². The van der Waals surface area contributed by atoms with Gasteiger partial charge in [-0.3, -0.25) is 4.79 Å². The number of likely N-dealkylation sites (tertiary alicyclic amines) is 1. The maximum atomic E-state index is 12.5. The van der Waals surface area contributed by atoms with Crippen molar-refractivity contribution in [3.8, 4) is 10.4 Å². The molecule has 0 atom stereocenters. The van der Waals surface area contributed by atoms with Crippen LogP contribution >= 0.6 is 22.9 Å². The SMILES string of the molecule is O=C(c1ccc(-c2ccc(Cl)cc2)s1)N1CCC(CO)CC1. The highest BCUT2D eigenvalue weighted by Gasteiger charge is 2.24. The van der Waals surface area contributed by atoms with Crippen LogP contribution in [0.15, 0.2) is 36.4 Å². The molecule has 3 rings (SSSR count). The van der Waals surface area contributed by atoms with Crippen molar-refractivity contribution in [3.05, 3.63) is 46.3 Å². The van der Waals surface area contributed by atoms with Gasteiger partial charge in [-0.1, -0.05) is 23.7 Å². The lowest BCUT2D eigenvalue weighted by molar-refractivity contribution is 0.0655. The first-order valence-corrected chi connectivity index (χ1v) is 8.62. The monoisotopic (exact) mass is 335 g/mol. The summed E-state index contributed by atoms with van der Waals surface area (Å²) in [6.07, 6.45) is 1.77. The van der Waals surface area contributed by atoms with E-state index in [0.29, 0.717) is 10.9 Å². The van der Waals surface area contributed by atoms with E-state index in [1.54, 1.807) is 0 Å². The van der Waals surface area contributed by atoms with Gasteiger partial charge < -0.3 is 10.0 Å². The zero-order valence-corrected chi connectivity index (χ0v) is 13.7. The van der Waals surface area contributed by atoms with Gasteiger partial charge >= 0.3 is 0 Å². The van der Waals surface area contributed by atoms with Crippen LogP contribution in [-0.4, -0.2) is 35.6 Å². The number of thiophene rings is 1. The van der Waals surface area contributed by atoms with Gasteiger partial charge in [-0.15, -0.1) is 11.3 Å². The van der Waals surface area contributed by atoms with Gasteiger partial charge in [0.1, 0.15) is 0 Å². The van der Waals surface area contributed by atoms with Gasteiger partial charge in [-0.25, -0.2) is 0 Å². The Labute approximate surface area is 139 Å². The standard InChI is InChI=1S/C17H18ClNO2S/c18-14-3-1-13(2-4-14)15-5-6-16(22-15)17(21)19-9-7-12(11-20)8-10-19/h1-6,12,20H,7-11H2. The molecule has 0 radical (unpaired) electrons. The Morgan fingerprint density at radius 2 is 1.86 bits per heavy atom. The first kappa shape index (κ1) is 15.5. The minimum atomic E-state index is 0.0987. The number of carbonyl (C=O) groups is 1. The normalized spacial score (nSPS) is 16.0. The zero-order valence-electron chi connectivity index (χ0n) is 12.2. The Balaban J connectivity index is 1.71. The van der Waals surface area contributed by atoms with E-state index < -0.39 is 0 Å². The molecule has 0 unspecified atom stereocenters. The number of aliphatic hydroxyl groups is 1. The van der Waals surface area contributed by atoms with Gasteiger partial charge in [0.15, 0.2) is 0 Å². The summed E-state index contributed by atoms with van der Waals surface area (Å²) in [5.41, 5.74) is 1.08. The van der Waals surface area contributed by atoms with Gasteiger partial charge in [-0.05, 0) is 48.6 Å². The third-order valence-corrected chi connectivity index (χ3v) is 5.48. The first-order valence-electron chi connectivity index (χ1n) is 7.43. The van der Waals surface area contributed by atoms with E-state index in [1.807, 2.05) is 41.3 Å². The smallest absolute Gasteiger partial charge is 0.263 e. The molecule has 0 spiro atoms. The molecule has 1 aliphatic heterocycles. The number of benzene rings is 1. The van der Waals surface area contributed by atoms with E-state index in [1.165, 1.54) is 11.3 Å². The highest BCUT2D eigenvalue weighted by molar-refractivity contribution is 7.17. The summed E-state index contributed by atoms with van der Waals surface area (Å²) in [4.78, 5) is 16.3. The summed E-state index contributed by atoms with van der Waals surface area (Å²) in [5, 5.41) is 9.88. The van der Waals surface area contributed by atoms with Gasteiger partial charge in [0.25, 0.3) is 5.91 Å². The van der Waals surface area contributed by atoms with E-state index >= 15 is 0 Å². The molecule has 1 saturated heterocycles. The molecule has 5 heteroatoms. The minimum absolute atomic E-state index is 0.0987. The molecule has 1 amide bonds. The average molecular weight is 336 g/mol. The van der Waals surface area contributed by atoms with Gasteiger partial charge in [0.05, 0.1) is 4.88 Å². The first-order chi connectivity index (χ1) is 10.7. The zero-order chi connectivity index (χ0) is 15.5. The molecule has 2 aromatic rings.